The summed E-state index contributed by atoms with van der Waals surface area (Å²) in [6, 6.07) is 5.69. The van der Waals surface area contributed by atoms with Crippen molar-refractivity contribution in [2.75, 3.05) is 11.6 Å². The highest BCUT2D eigenvalue weighted by Crippen LogP contribution is 2.68. The number of nitrogens with one attached hydrogen (secondary N) is 2. The van der Waals surface area contributed by atoms with Crippen molar-refractivity contribution in [1.82, 2.24) is 10.0 Å². The van der Waals surface area contributed by atoms with Crippen molar-refractivity contribution in [1.29, 1.82) is 0 Å². The molecule has 3 N–H and O–H groups in total. The molecular formula is C36H52N4O6S. The second-order valence-corrected chi connectivity index (χ2v) is 17.5. The number of amides is 3. The van der Waals surface area contributed by atoms with Gasteiger partial charge in [0.05, 0.1) is 29.7 Å². The Kier molecular flexibility index (Phi) is 9.37. The Balaban J connectivity index is 0.983. The van der Waals surface area contributed by atoms with Gasteiger partial charge >= 0.3 is 0 Å². The number of sulfonamides is 1. The third kappa shape index (κ3) is 6.51. The number of carbonyl (C=O) groups excluding carboxylic acids is 3. The minimum atomic E-state index is -4.22. The quantitative estimate of drug-likeness (QED) is 0.332. The highest BCUT2D eigenvalue weighted by atomic mass is 32.2. The van der Waals surface area contributed by atoms with Crippen molar-refractivity contribution < 1.29 is 27.9 Å². The molecule has 0 radical (unpaired) electrons. The van der Waals surface area contributed by atoms with Crippen LogP contribution in [-0.2, 0) is 24.4 Å². The van der Waals surface area contributed by atoms with Gasteiger partial charge in [-0.05, 0) is 136 Å². The number of fused-ring (bicyclic) bond motifs is 5. The summed E-state index contributed by atoms with van der Waals surface area (Å²) < 4.78 is 27.8. The topological polar surface area (TPSA) is 145 Å². The van der Waals surface area contributed by atoms with Crippen LogP contribution in [-0.4, -0.2) is 49.6 Å². The van der Waals surface area contributed by atoms with E-state index in [-0.39, 0.29) is 34.6 Å². The Morgan fingerprint density at radius 2 is 1.79 bits per heavy atom. The number of aliphatic hydroxyl groups is 1. The van der Waals surface area contributed by atoms with Gasteiger partial charge in [0, 0.05) is 12.1 Å². The van der Waals surface area contributed by atoms with Crippen molar-refractivity contribution in [3.8, 4) is 0 Å². The fraction of sp³-hybridized carbons (Fsp3) is 0.722. The SMILES string of the molecule is CC1=NN(c2cccc(S(=O)(=O)NC(=O)CNC(=O)CC[C@@H](C)[C@H]3CC[C@H]4[C@@H]5CC[C@@H]6C[C@H](O)CC[C@]6(C)[C@H]5CC[C@]34C)c2)C(=O)C1. The molecule has 0 bridgehead atoms. The van der Waals surface area contributed by atoms with Gasteiger partial charge in [0.25, 0.3) is 21.8 Å². The zero-order valence-corrected chi connectivity index (χ0v) is 29.2. The smallest absolute Gasteiger partial charge is 0.264 e. The zero-order chi connectivity index (χ0) is 33.7. The highest BCUT2D eigenvalue weighted by molar-refractivity contribution is 7.90. The maximum Gasteiger partial charge on any atom is 0.264 e. The molecule has 47 heavy (non-hydrogen) atoms. The maximum atomic E-state index is 12.9. The van der Waals surface area contributed by atoms with Crippen LogP contribution in [0.5, 0.6) is 0 Å². The molecule has 11 heteroatoms. The van der Waals surface area contributed by atoms with Gasteiger partial charge in [-0.3, -0.25) is 14.4 Å². The molecule has 1 aromatic carbocycles. The Morgan fingerprint density at radius 3 is 2.53 bits per heavy atom. The minimum Gasteiger partial charge on any atom is -0.393 e. The van der Waals surface area contributed by atoms with E-state index in [1.807, 2.05) is 4.72 Å². The summed E-state index contributed by atoms with van der Waals surface area (Å²) in [5, 5.41) is 18.3. The summed E-state index contributed by atoms with van der Waals surface area (Å²) in [5.74, 6) is 2.50. The Labute approximate surface area is 279 Å². The molecule has 258 valence electrons. The molecule has 4 aliphatic carbocycles. The Morgan fingerprint density at radius 1 is 1.04 bits per heavy atom. The summed E-state index contributed by atoms with van der Waals surface area (Å²) >= 11 is 0. The average Bonchev–Trinajstić information content (AvgIpc) is 3.56. The average molecular weight is 669 g/mol. The number of carbonyl (C=O) groups is 3. The number of hydrogen-bond acceptors (Lipinski definition) is 7. The van der Waals surface area contributed by atoms with Crippen molar-refractivity contribution >= 4 is 39.1 Å². The van der Waals surface area contributed by atoms with Gasteiger partial charge in [0.15, 0.2) is 0 Å². The summed E-state index contributed by atoms with van der Waals surface area (Å²) in [6.45, 7) is 8.59. The zero-order valence-electron chi connectivity index (χ0n) is 28.3. The lowest BCUT2D eigenvalue weighted by Gasteiger charge is -2.61. The Bertz CT molecular complexity index is 1550. The molecule has 5 aliphatic rings. The first-order chi connectivity index (χ1) is 22.2. The monoisotopic (exact) mass is 668 g/mol. The third-order valence-electron chi connectivity index (χ3n) is 13.2. The fourth-order valence-electron chi connectivity index (χ4n) is 10.8. The second kappa shape index (κ2) is 12.9. The Hall–Kier alpha value is -2.79. The van der Waals surface area contributed by atoms with Gasteiger partial charge < -0.3 is 10.4 Å². The molecule has 6 rings (SSSR count). The largest absolute Gasteiger partial charge is 0.393 e. The molecule has 9 atom stereocenters. The summed E-state index contributed by atoms with van der Waals surface area (Å²) in [4.78, 5) is 37.3. The number of anilines is 1. The number of benzene rings is 1. The summed E-state index contributed by atoms with van der Waals surface area (Å²) in [6.07, 6.45) is 11.7. The molecule has 3 amide bonds. The molecule has 1 heterocycles. The van der Waals surface area contributed by atoms with Crippen LogP contribution in [0.3, 0.4) is 0 Å². The van der Waals surface area contributed by atoms with E-state index in [9.17, 15) is 27.9 Å². The van der Waals surface area contributed by atoms with Gasteiger partial charge in [0.2, 0.25) is 5.91 Å². The van der Waals surface area contributed by atoms with Crippen molar-refractivity contribution in [2.45, 2.75) is 116 Å². The van der Waals surface area contributed by atoms with Crippen molar-refractivity contribution in [2.24, 2.45) is 51.4 Å². The first-order valence-corrected chi connectivity index (χ1v) is 19.2. The minimum absolute atomic E-state index is 0.119. The van der Waals surface area contributed by atoms with Gasteiger partial charge in [-0.1, -0.05) is 26.8 Å². The van der Waals surface area contributed by atoms with E-state index in [1.165, 1.54) is 56.7 Å². The van der Waals surface area contributed by atoms with Gasteiger partial charge in [-0.25, -0.2) is 18.1 Å². The standard InChI is InChI=1S/C36H52N4O6S/c1-22(29-11-12-30-28-10-9-24-19-26(41)14-16-35(24,3)31(28)15-17-36(29,30)4)8-13-32(42)37-21-33(43)39-47(45,46)27-7-5-6-25(20-27)40-34(44)18-23(2)38-40/h5-7,20,22,24,26,28-31,41H,8-19,21H2,1-4H3,(H,37,42)(H,39,43)/t22-,24-,26-,28+,29-,30+,31+,35+,36-/m1/s1. The van der Waals surface area contributed by atoms with E-state index in [1.54, 1.807) is 13.0 Å². The molecular weight excluding hydrogens is 616 g/mol. The van der Waals surface area contributed by atoms with E-state index in [0.717, 1.165) is 48.4 Å². The first-order valence-electron chi connectivity index (χ1n) is 17.7. The van der Waals surface area contributed by atoms with Crippen LogP contribution in [0.4, 0.5) is 5.69 Å². The van der Waals surface area contributed by atoms with E-state index in [0.29, 0.717) is 41.0 Å². The van der Waals surface area contributed by atoms with Crippen LogP contribution in [0.25, 0.3) is 0 Å². The molecule has 0 unspecified atom stereocenters. The molecule has 0 spiro atoms. The predicted molar refractivity (Wildman–Crippen MR) is 180 cm³/mol. The van der Waals surface area contributed by atoms with Crippen LogP contribution >= 0.6 is 0 Å². The number of nitrogens with zero attached hydrogens (tertiary/aromatic N) is 2. The highest BCUT2D eigenvalue weighted by Gasteiger charge is 2.60. The van der Waals surface area contributed by atoms with E-state index in [4.69, 9.17) is 0 Å². The fourth-order valence-corrected chi connectivity index (χ4v) is 11.8. The summed E-state index contributed by atoms with van der Waals surface area (Å²) in [5.41, 5.74) is 1.58. The number of hydrogen-bond donors (Lipinski definition) is 3. The van der Waals surface area contributed by atoms with Crippen LogP contribution in [0.15, 0.2) is 34.3 Å². The number of hydrazone groups is 1. The maximum absolute atomic E-state index is 12.9. The number of aliphatic hydroxyl groups excluding tert-OH is 1. The molecule has 1 aromatic rings. The van der Waals surface area contributed by atoms with Gasteiger partial charge in [0.1, 0.15) is 0 Å². The van der Waals surface area contributed by atoms with Crippen LogP contribution in [0.1, 0.15) is 105 Å². The van der Waals surface area contributed by atoms with Gasteiger partial charge in [-0.15, -0.1) is 0 Å². The lowest BCUT2D eigenvalue weighted by molar-refractivity contribution is -0.130. The summed E-state index contributed by atoms with van der Waals surface area (Å²) in [7, 11) is -4.22. The molecule has 0 saturated heterocycles. The van der Waals surface area contributed by atoms with E-state index in [2.05, 4.69) is 31.2 Å². The second-order valence-electron chi connectivity index (χ2n) is 15.8. The lowest BCUT2D eigenvalue weighted by Crippen LogP contribution is -2.54. The van der Waals surface area contributed by atoms with Crippen molar-refractivity contribution in [3.63, 3.8) is 0 Å². The van der Waals surface area contributed by atoms with Crippen molar-refractivity contribution in [3.05, 3.63) is 24.3 Å². The third-order valence-corrected chi connectivity index (χ3v) is 14.6. The molecule has 4 fully saturated rings. The van der Waals surface area contributed by atoms with E-state index >= 15 is 0 Å². The predicted octanol–water partition coefficient (Wildman–Crippen LogP) is 5.16. The molecule has 4 saturated carbocycles. The lowest BCUT2D eigenvalue weighted by atomic mass is 9.44. The molecule has 10 nitrogen and oxygen atoms in total. The normalized spacial score (nSPS) is 35.7. The van der Waals surface area contributed by atoms with Crippen LogP contribution in [0, 0.1) is 46.3 Å². The van der Waals surface area contributed by atoms with Gasteiger partial charge in [-0.2, -0.15) is 5.10 Å². The first kappa shape index (κ1) is 34.1. The number of rotatable bonds is 9. The van der Waals surface area contributed by atoms with Crippen LogP contribution < -0.4 is 15.0 Å². The van der Waals surface area contributed by atoms with E-state index < -0.39 is 22.5 Å². The van der Waals surface area contributed by atoms with Crippen LogP contribution in [0.2, 0.25) is 0 Å². The molecule has 1 aliphatic heterocycles. The molecule has 0 aromatic heterocycles.